The third-order valence-electron chi connectivity index (χ3n) is 2.72. The zero-order valence-corrected chi connectivity index (χ0v) is 11.0. The van der Waals surface area contributed by atoms with Crippen LogP contribution in [0.1, 0.15) is 0 Å². The van der Waals surface area contributed by atoms with Crippen LogP contribution in [0.15, 0.2) is 24.3 Å². The molecule has 120 valence electrons. The number of ether oxygens (including phenoxy) is 1. The van der Waals surface area contributed by atoms with Crippen LogP contribution in [0.25, 0.3) is 0 Å². The van der Waals surface area contributed by atoms with Crippen LogP contribution in [0.5, 0.6) is 5.75 Å². The molecule has 0 amide bonds. The maximum absolute atomic E-state index is 10.9. The van der Waals surface area contributed by atoms with Gasteiger partial charge in [-0.2, -0.15) is 0 Å². The molecule has 1 aromatic rings. The Kier molecular flexibility index (Phi) is 5.92. The van der Waals surface area contributed by atoms with Gasteiger partial charge in [0.25, 0.3) is 5.69 Å². The second kappa shape index (κ2) is 7.45. The average Bonchev–Trinajstić information content (AvgIpc) is 2.50. The van der Waals surface area contributed by atoms with Crippen molar-refractivity contribution in [3.05, 3.63) is 34.4 Å². The van der Waals surface area contributed by atoms with E-state index in [0.717, 1.165) is 24.3 Å². The number of non-ortho nitro benzene ring substituents is 1. The van der Waals surface area contributed by atoms with E-state index in [1.165, 1.54) is 0 Å². The number of aldehydes is 1. The Bertz CT molecular complexity index is 544. The van der Waals surface area contributed by atoms with Gasteiger partial charge in [0.1, 0.15) is 18.0 Å². The van der Waals surface area contributed by atoms with Crippen LogP contribution in [-0.4, -0.2) is 62.0 Å². The summed E-state index contributed by atoms with van der Waals surface area (Å²) in [5.74, 6) is -1.81. The molecule has 0 aliphatic carbocycles. The van der Waals surface area contributed by atoms with Crippen molar-refractivity contribution in [2.24, 2.45) is 0 Å². The van der Waals surface area contributed by atoms with Crippen LogP contribution in [-0.2, 0) is 9.59 Å². The third-order valence-corrected chi connectivity index (χ3v) is 2.72. The van der Waals surface area contributed by atoms with Crippen LogP contribution in [0.3, 0.4) is 0 Å². The number of aliphatic hydroxyl groups excluding tert-OH is 3. The van der Waals surface area contributed by atoms with Gasteiger partial charge in [0.05, 0.1) is 4.92 Å². The molecule has 10 heteroatoms. The number of rotatable bonds is 8. The molecular weight excluding hydrogens is 302 g/mol. The minimum atomic E-state index is -2.31. The molecule has 0 spiro atoms. The lowest BCUT2D eigenvalue weighted by molar-refractivity contribution is -0.384. The Morgan fingerprint density at radius 3 is 2.14 bits per heavy atom. The molecule has 10 nitrogen and oxygen atoms in total. The van der Waals surface area contributed by atoms with Gasteiger partial charge in [-0.3, -0.25) is 14.9 Å². The van der Waals surface area contributed by atoms with E-state index < -0.39 is 35.3 Å². The normalized spacial score (nSPS) is 16.1. The first kappa shape index (κ1) is 17.5. The SMILES string of the molecule is O=C[C@H](Oc1ccc([N+](=O)[O-])cc1)[C@@H](O)[C@H](O)[C@H](O)C(=O)O. The predicted molar refractivity (Wildman–Crippen MR) is 69.2 cm³/mol. The van der Waals surface area contributed by atoms with E-state index >= 15 is 0 Å². The summed E-state index contributed by atoms with van der Waals surface area (Å²) in [6.45, 7) is 0. The number of nitro groups is 1. The molecule has 0 unspecified atom stereocenters. The Morgan fingerprint density at radius 1 is 1.18 bits per heavy atom. The van der Waals surface area contributed by atoms with Gasteiger partial charge in [0.2, 0.25) is 0 Å². The van der Waals surface area contributed by atoms with Crippen molar-refractivity contribution in [1.82, 2.24) is 0 Å². The van der Waals surface area contributed by atoms with E-state index in [0.29, 0.717) is 0 Å². The summed E-state index contributed by atoms with van der Waals surface area (Å²) in [5.41, 5.74) is -0.225. The molecule has 4 N–H and O–H groups in total. The van der Waals surface area contributed by atoms with Gasteiger partial charge >= 0.3 is 5.97 Å². The standard InChI is InChI=1S/C12H13NO9/c14-5-8(9(15)10(16)11(17)12(18)19)22-7-3-1-6(2-4-7)13(20)21/h1-5,8-11,15-17H,(H,18,19)/t8-,9+,10-,11-/m0/s1. The Balaban J connectivity index is 2.81. The summed E-state index contributed by atoms with van der Waals surface area (Å²) in [6, 6.07) is 4.49. The van der Waals surface area contributed by atoms with Crippen LogP contribution in [0, 0.1) is 10.1 Å². The topological polar surface area (TPSA) is 167 Å². The van der Waals surface area contributed by atoms with Gasteiger partial charge in [-0.25, -0.2) is 4.79 Å². The average molecular weight is 315 g/mol. The lowest BCUT2D eigenvalue weighted by Gasteiger charge is -2.25. The largest absolute Gasteiger partial charge is 0.480 e. The fraction of sp³-hybridized carbons (Fsp3) is 0.333. The third kappa shape index (κ3) is 4.22. The van der Waals surface area contributed by atoms with Crippen LogP contribution in [0.4, 0.5) is 5.69 Å². The first-order chi connectivity index (χ1) is 10.3. The van der Waals surface area contributed by atoms with Gasteiger partial charge in [-0.15, -0.1) is 0 Å². The molecule has 0 bridgehead atoms. The number of aliphatic carboxylic acids is 1. The monoisotopic (exact) mass is 315 g/mol. The lowest BCUT2D eigenvalue weighted by Crippen LogP contribution is -2.49. The van der Waals surface area contributed by atoms with E-state index in [1.54, 1.807) is 0 Å². The highest BCUT2D eigenvalue weighted by molar-refractivity contribution is 5.73. The Labute approximate surface area is 123 Å². The van der Waals surface area contributed by atoms with Crippen LogP contribution < -0.4 is 4.74 Å². The molecule has 22 heavy (non-hydrogen) atoms. The molecular formula is C12H13NO9. The van der Waals surface area contributed by atoms with Crippen molar-refractivity contribution < 1.29 is 39.7 Å². The number of hydrogen-bond donors (Lipinski definition) is 4. The molecule has 0 aromatic heterocycles. The molecule has 0 saturated heterocycles. The molecule has 0 aliphatic heterocycles. The van der Waals surface area contributed by atoms with Gasteiger partial charge in [0.15, 0.2) is 18.5 Å². The van der Waals surface area contributed by atoms with E-state index in [4.69, 9.17) is 14.9 Å². The van der Waals surface area contributed by atoms with Crippen molar-refractivity contribution in [2.75, 3.05) is 0 Å². The van der Waals surface area contributed by atoms with E-state index in [1.807, 2.05) is 0 Å². The summed E-state index contributed by atoms with van der Waals surface area (Å²) in [4.78, 5) is 31.2. The van der Waals surface area contributed by atoms with E-state index in [9.17, 15) is 29.9 Å². The number of benzene rings is 1. The molecule has 4 atom stereocenters. The van der Waals surface area contributed by atoms with Gasteiger partial charge in [0, 0.05) is 12.1 Å². The minimum Gasteiger partial charge on any atom is -0.480 e. The highest BCUT2D eigenvalue weighted by Gasteiger charge is 2.36. The summed E-state index contributed by atoms with van der Waals surface area (Å²) in [5, 5.41) is 47.2. The first-order valence-electron chi connectivity index (χ1n) is 5.91. The first-order valence-corrected chi connectivity index (χ1v) is 5.91. The van der Waals surface area contributed by atoms with E-state index in [-0.39, 0.29) is 17.7 Å². The summed E-state index contributed by atoms with van der Waals surface area (Å²) in [7, 11) is 0. The number of carbonyl (C=O) groups excluding carboxylic acids is 1. The molecule has 1 rings (SSSR count). The number of hydrogen-bond acceptors (Lipinski definition) is 8. The highest BCUT2D eigenvalue weighted by Crippen LogP contribution is 2.19. The second-order valence-electron chi connectivity index (χ2n) is 4.23. The summed E-state index contributed by atoms with van der Waals surface area (Å²) in [6.07, 6.45) is -8.06. The number of aliphatic hydroxyl groups is 3. The van der Waals surface area contributed by atoms with Crippen molar-refractivity contribution >= 4 is 17.9 Å². The predicted octanol–water partition coefficient (Wildman–Crippen LogP) is -1.29. The van der Waals surface area contributed by atoms with Crippen LogP contribution >= 0.6 is 0 Å². The fourth-order valence-corrected chi connectivity index (χ4v) is 1.51. The van der Waals surface area contributed by atoms with Crippen molar-refractivity contribution in [3.63, 3.8) is 0 Å². The Morgan fingerprint density at radius 2 is 1.73 bits per heavy atom. The second-order valence-corrected chi connectivity index (χ2v) is 4.23. The molecule has 1 aromatic carbocycles. The smallest absolute Gasteiger partial charge is 0.335 e. The molecule has 0 fully saturated rings. The minimum absolute atomic E-state index is 0.0289. The van der Waals surface area contributed by atoms with Gasteiger partial charge in [-0.1, -0.05) is 0 Å². The lowest BCUT2D eigenvalue weighted by atomic mass is 10.0. The zero-order chi connectivity index (χ0) is 16.9. The summed E-state index contributed by atoms with van der Waals surface area (Å²) >= 11 is 0. The van der Waals surface area contributed by atoms with Gasteiger partial charge in [-0.05, 0) is 12.1 Å². The molecule has 0 aliphatic rings. The molecule has 0 heterocycles. The maximum atomic E-state index is 10.9. The van der Waals surface area contributed by atoms with Crippen molar-refractivity contribution in [3.8, 4) is 5.75 Å². The quantitative estimate of drug-likeness (QED) is 0.259. The fourth-order valence-electron chi connectivity index (χ4n) is 1.51. The highest BCUT2D eigenvalue weighted by atomic mass is 16.6. The van der Waals surface area contributed by atoms with Gasteiger partial charge < -0.3 is 25.2 Å². The Hall–Kier alpha value is -2.56. The van der Waals surface area contributed by atoms with Crippen LogP contribution in [0.2, 0.25) is 0 Å². The number of carboxylic acids is 1. The van der Waals surface area contributed by atoms with Crippen molar-refractivity contribution in [2.45, 2.75) is 24.4 Å². The summed E-state index contributed by atoms with van der Waals surface area (Å²) < 4.78 is 5.01. The van der Waals surface area contributed by atoms with E-state index in [2.05, 4.69) is 0 Å². The maximum Gasteiger partial charge on any atom is 0.335 e. The molecule has 0 saturated carbocycles. The molecule has 0 radical (unpaired) electrons. The van der Waals surface area contributed by atoms with Crippen molar-refractivity contribution in [1.29, 1.82) is 0 Å². The zero-order valence-electron chi connectivity index (χ0n) is 11.0. The number of nitrogens with zero attached hydrogens (tertiary/aromatic N) is 1. The number of carboxylic acid groups (broad SMARTS) is 1. The number of nitro benzene ring substituents is 1. The number of carbonyl (C=O) groups is 2.